The van der Waals surface area contributed by atoms with Gasteiger partial charge in [-0.1, -0.05) is 25.5 Å². The molecule has 1 aromatic heterocycles. The molecule has 0 aliphatic carbocycles. The van der Waals surface area contributed by atoms with Crippen LogP contribution in [0.4, 0.5) is 4.79 Å². The molecule has 1 amide bonds. The van der Waals surface area contributed by atoms with Gasteiger partial charge in [0, 0.05) is 6.54 Å². The third-order valence-electron chi connectivity index (χ3n) is 2.76. The van der Waals surface area contributed by atoms with Crippen molar-refractivity contribution in [2.75, 3.05) is 6.54 Å². The molecule has 100 valence electrons. The van der Waals surface area contributed by atoms with Gasteiger partial charge >= 0.3 is 12.0 Å². The molecule has 19 heavy (non-hydrogen) atoms. The number of amides is 1. The number of rotatable bonds is 4. The number of aromatic nitrogens is 2. The van der Waals surface area contributed by atoms with E-state index in [1.165, 1.54) is 0 Å². The number of nitrogens with zero attached hydrogens (tertiary/aromatic N) is 2. The van der Waals surface area contributed by atoms with E-state index in [0.29, 0.717) is 17.6 Å². The van der Waals surface area contributed by atoms with E-state index in [1.54, 1.807) is 24.3 Å². The van der Waals surface area contributed by atoms with Crippen molar-refractivity contribution in [2.45, 2.75) is 19.8 Å². The number of para-hydroxylation sites is 2. The predicted molar refractivity (Wildman–Crippen MR) is 70.4 cm³/mol. The Bertz CT molecular complexity index is 619. The number of carbonyl (C=O) groups excluding carboxylic acids is 1. The van der Waals surface area contributed by atoms with E-state index in [2.05, 4.69) is 10.3 Å². The van der Waals surface area contributed by atoms with E-state index in [0.717, 1.165) is 17.4 Å². The Labute approximate surface area is 110 Å². The molecule has 6 nitrogen and oxygen atoms in total. The van der Waals surface area contributed by atoms with Gasteiger partial charge in [-0.05, 0) is 18.6 Å². The van der Waals surface area contributed by atoms with Gasteiger partial charge in [-0.2, -0.15) is 0 Å². The van der Waals surface area contributed by atoms with Crippen LogP contribution in [0.2, 0.25) is 0 Å². The van der Waals surface area contributed by atoms with Crippen LogP contribution in [0.15, 0.2) is 24.3 Å². The molecule has 2 N–H and O–H groups in total. The summed E-state index contributed by atoms with van der Waals surface area (Å²) in [5.74, 6) is -1.49. The molecule has 0 spiro atoms. The summed E-state index contributed by atoms with van der Waals surface area (Å²) in [6.45, 7) is 2.53. The Hall–Kier alpha value is -2.37. The molecule has 0 aliphatic rings. The Morgan fingerprint density at radius 3 is 2.79 bits per heavy atom. The molecule has 0 saturated heterocycles. The lowest BCUT2D eigenvalue weighted by molar-refractivity contribution is 0.0680. The highest BCUT2D eigenvalue weighted by Gasteiger charge is 2.20. The van der Waals surface area contributed by atoms with Crippen LogP contribution in [0.5, 0.6) is 0 Å². The third-order valence-corrected chi connectivity index (χ3v) is 2.76. The molecule has 0 saturated carbocycles. The Morgan fingerprint density at radius 2 is 2.11 bits per heavy atom. The molecule has 2 aromatic rings. The summed E-state index contributed by atoms with van der Waals surface area (Å²) in [6, 6.07) is 6.39. The maximum Gasteiger partial charge on any atom is 0.372 e. The summed E-state index contributed by atoms with van der Waals surface area (Å²) in [5, 5.41) is 11.8. The molecule has 0 bridgehead atoms. The maximum absolute atomic E-state index is 12.1. The second-order valence-electron chi connectivity index (χ2n) is 4.15. The van der Waals surface area contributed by atoms with Gasteiger partial charge < -0.3 is 10.4 Å². The zero-order valence-electron chi connectivity index (χ0n) is 10.6. The van der Waals surface area contributed by atoms with E-state index < -0.39 is 12.0 Å². The van der Waals surface area contributed by atoms with Crippen LogP contribution in [0, 0.1) is 0 Å². The average Bonchev–Trinajstić information content (AvgIpc) is 2.78. The molecule has 1 aromatic carbocycles. The van der Waals surface area contributed by atoms with Crippen LogP contribution in [-0.2, 0) is 0 Å². The van der Waals surface area contributed by atoms with Crippen LogP contribution < -0.4 is 5.32 Å². The van der Waals surface area contributed by atoms with Crippen molar-refractivity contribution in [3.8, 4) is 0 Å². The molecule has 0 unspecified atom stereocenters. The summed E-state index contributed by atoms with van der Waals surface area (Å²) >= 11 is 0. The van der Waals surface area contributed by atoms with Crippen molar-refractivity contribution in [1.82, 2.24) is 14.9 Å². The first-order chi connectivity index (χ1) is 9.15. The average molecular weight is 261 g/mol. The molecule has 0 radical (unpaired) electrons. The number of aromatic carboxylic acids is 1. The number of benzene rings is 1. The fraction of sp³-hybridized carbons (Fsp3) is 0.308. The number of nitrogens with one attached hydrogen (secondary N) is 1. The van der Waals surface area contributed by atoms with Crippen LogP contribution in [0.25, 0.3) is 11.0 Å². The Morgan fingerprint density at radius 1 is 1.37 bits per heavy atom. The number of carboxylic acids is 1. The molecule has 2 rings (SSSR count). The van der Waals surface area contributed by atoms with Gasteiger partial charge in [0.1, 0.15) is 0 Å². The first kappa shape index (κ1) is 13.1. The zero-order chi connectivity index (χ0) is 13.8. The van der Waals surface area contributed by atoms with Crippen molar-refractivity contribution in [3.05, 3.63) is 30.1 Å². The van der Waals surface area contributed by atoms with Crippen molar-refractivity contribution in [2.24, 2.45) is 0 Å². The van der Waals surface area contributed by atoms with E-state index >= 15 is 0 Å². The van der Waals surface area contributed by atoms with E-state index in [-0.39, 0.29) is 5.82 Å². The summed E-state index contributed by atoms with van der Waals surface area (Å²) in [5.41, 5.74) is 0.986. The lowest BCUT2D eigenvalue weighted by atomic mass is 10.3. The molecule has 1 heterocycles. The highest BCUT2D eigenvalue weighted by molar-refractivity contribution is 5.98. The summed E-state index contributed by atoms with van der Waals surface area (Å²) in [6.07, 6.45) is 1.80. The van der Waals surface area contributed by atoms with Gasteiger partial charge in [0.2, 0.25) is 5.82 Å². The zero-order valence-corrected chi connectivity index (χ0v) is 10.6. The van der Waals surface area contributed by atoms with E-state index in [4.69, 9.17) is 5.11 Å². The first-order valence-corrected chi connectivity index (χ1v) is 6.14. The maximum atomic E-state index is 12.1. The van der Waals surface area contributed by atoms with Crippen molar-refractivity contribution >= 4 is 23.0 Å². The van der Waals surface area contributed by atoms with Crippen LogP contribution in [0.3, 0.4) is 0 Å². The van der Waals surface area contributed by atoms with Crippen LogP contribution in [-0.4, -0.2) is 33.2 Å². The fourth-order valence-corrected chi connectivity index (χ4v) is 1.83. The smallest absolute Gasteiger partial charge is 0.372 e. The van der Waals surface area contributed by atoms with Crippen molar-refractivity contribution < 1.29 is 14.7 Å². The SMILES string of the molecule is CCCCNC(=O)n1c(C(=O)O)nc2ccccc21. The lowest BCUT2D eigenvalue weighted by Gasteiger charge is -2.07. The number of carbonyl (C=O) groups is 2. The lowest BCUT2D eigenvalue weighted by Crippen LogP contribution is -2.31. The molecule has 0 atom stereocenters. The number of fused-ring (bicyclic) bond motifs is 1. The van der Waals surface area contributed by atoms with Gasteiger partial charge in [0.15, 0.2) is 0 Å². The van der Waals surface area contributed by atoms with Crippen LogP contribution >= 0.6 is 0 Å². The normalized spacial score (nSPS) is 10.6. The summed E-state index contributed by atoms with van der Waals surface area (Å²) in [7, 11) is 0. The van der Waals surface area contributed by atoms with Crippen molar-refractivity contribution in [3.63, 3.8) is 0 Å². The molecule has 0 fully saturated rings. The predicted octanol–water partition coefficient (Wildman–Crippen LogP) is 2.09. The highest BCUT2D eigenvalue weighted by atomic mass is 16.4. The fourth-order valence-electron chi connectivity index (χ4n) is 1.83. The number of hydrogen-bond donors (Lipinski definition) is 2. The van der Waals surface area contributed by atoms with Crippen molar-refractivity contribution in [1.29, 1.82) is 0 Å². The molecule has 0 aliphatic heterocycles. The number of carboxylic acid groups (broad SMARTS) is 1. The number of imidazole rings is 1. The second kappa shape index (κ2) is 5.51. The van der Waals surface area contributed by atoms with E-state index in [1.807, 2.05) is 6.92 Å². The standard InChI is InChI=1S/C13H15N3O3/c1-2-3-8-14-13(19)16-10-7-5-4-6-9(10)15-11(16)12(17)18/h4-7H,2-3,8H2,1H3,(H,14,19)(H,17,18). The van der Waals surface area contributed by atoms with Gasteiger partial charge in [-0.15, -0.1) is 0 Å². The molecular weight excluding hydrogens is 246 g/mol. The Balaban J connectivity index is 2.41. The second-order valence-corrected chi connectivity index (χ2v) is 4.15. The third kappa shape index (κ3) is 2.57. The minimum absolute atomic E-state index is 0.268. The van der Waals surface area contributed by atoms with E-state index in [9.17, 15) is 9.59 Å². The minimum atomic E-state index is -1.22. The summed E-state index contributed by atoms with van der Waals surface area (Å²) in [4.78, 5) is 27.2. The highest BCUT2D eigenvalue weighted by Crippen LogP contribution is 2.15. The topological polar surface area (TPSA) is 84.2 Å². The number of unbranched alkanes of at least 4 members (excludes halogenated alkanes) is 1. The van der Waals surface area contributed by atoms with Gasteiger partial charge in [-0.3, -0.25) is 0 Å². The summed E-state index contributed by atoms with van der Waals surface area (Å²) < 4.78 is 1.10. The monoisotopic (exact) mass is 261 g/mol. The van der Waals surface area contributed by atoms with Gasteiger partial charge in [0.25, 0.3) is 0 Å². The largest absolute Gasteiger partial charge is 0.475 e. The molecular formula is C13H15N3O3. The quantitative estimate of drug-likeness (QED) is 0.825. The molecule has 6 heteroatoms. The van der Waals surface area contributed by atoms with Gasteiger partial charge in [-0.25, -0.2) is 19.1 Å². The van der Waals surface area contributed by atoms with Gasteiger partial charge in [0.05, 0.1) is 11.0 Å². The first-order valence-electron chi connectivity index (χ1n) is 6.14. The number of hydrogen-bond acceptors (Lipinski definition) is 3. The van der Waals surface area contributed by atoms with Crippen LogP contribution in [0.1, 0.15) is 30.4 Å². The minimum Gasteiger partial charge on any atom is -0.475 e. The Kier molecular flexibility index (Phi) is 3.79.